The Morgan fingerprint density at radius 2 is 2.04 bits per heavy atom. The van der Waals surface area contributed by atoms with Crippen LogP contribution in [-0.2, 0) is 9.53 Å². The van der Waals surface area contributed by atoms with Gasteiger partial charge in [-0.05, 0) is 44.1 Å². The van der Waals surface area contributed by atoms with E-state index in [4.69, 9.17) is 4.74 Å². The standard InChI is InChI=1S/C21H30N2O2/c1-17(19-9-3-2-4-10-19)23-21(11-13-25-14-12-21)16-22-20(24)15-18-7-5-6-8-18/h2-5,7,9-10,17-18,23H,6,8,11-16H2,1H3,(H,22,24). The molecular weight excluding hydrogens is 312 g/mol. The van der Waals surface area contributed by atoms with Crippen molar-refractivity contribution < 1.29 is 9.53 Å². The van der Waals surface area contributed by atoms with Gasteiger partial charge < -0.3 is 15.4 Å². The van der Waals surface area contributed by atoms with Crippen molar-refractivity contribution in [3.05, 3.63) is 48.0 Å². The highest BCUT2D eigenvalue weighted by molar-refractivity contribution is 5.76. The summed E-state index contributed by atoms with van der Waals surface area (Å²) in [4.78, 5) is 12.3. The second kappa shape index (κ2) is 8.63. The Morgan fingerprint density at radius 1 is 1.28 bits per heavy atom. The Morgan fingerprint density at radius 3 is 2.72 bits per heavy atom. The molecule has 0 radical (unpaired) electrons. The maximum Gasteiger partial charge on any atom is 0.220 e. The van der Waals surface area contributed by atoms with Crippen LogP contribution in [0.15, 0.2) is 42.5 Å². The van der Waals surface area contributed by atoms with Gasteiger partial charge >= 0.3 is 0 Å². The lowest BCUT2D eigenvalue weighted by atomic mass is 9.88. The molecule has 1 amide bonds. The summed E-state index contributed by atoms with van der Waals surface area (Å²) >= 11 is 0. The summed E-state index contributed by atoms with van der Waals surface area (Å²) in [5.41, 5.74) is 1.19. The Balaban J connectivity index is 1.58. The van der Waals surface area contributed by atoms with E-state index in [9.17, 15) is 4.79 Å². The summed E-state index contributed by atoms with van der Waals surface area (Å²) in [6.45, 7) is 4.35. The molecular formula is C21H30N2O2. The third-order valence-corrected chi connectivity index (χ3v) is 5.46. The van der Waals surface area contributed by atoms with Gasteiger partial charge in [0.1, 0.15) is 0 Å². The van der Waals surface area contributed by atoms with E-state index in [0.717, 1.165) is 38.9 Å². The molecule has 25 heavy (non-hydrogen) atoms. The summed E-state index contributed by atoms with van der Waals surface area (Å²) in [5, 5.41) is 6.97. The number of hydrogen-bond acceptors (Lipinski definition) is 3. The summed E-state index contributed by atoms with van der Waals surface area (Å²) < 4.78 is 5.56. The molecule has 2 aliphatic rings. The fraction of sp³-hybridized carbons (Fsp3) is 0.571. The van der Waals surface area contributed by atoms with Crippen molar-refractivity contribution in [2.45, 2.75) is 50.6 Å². The van der Waals surface area contributed by atoms with Gasteiger partial charge in [-0.1, -0.05) is 42.5 Å². The Kier molecular flexibility index (Phi) is 6.27. The minimum Gasteiger partial charge on any atom is -0.381 e. The van der Waals surface area contributed by atoms with Crippen LogP contribution in [0.5, 0.6) is 0 Å². The van der Waals surface area contributed by atoms with Crippen molar-refractivity contribution >= 4 is 5.91 Å². The van der Waals surface area contributed by atoms with Gasteiger partial charge in [0.05, 0.1) is 0 Å². The predicted octanol–water partition coefficient (Wildman–Crippen LogP) is 3.36. The van der Waals surface area contributed by atoms with E-state index in [1.807, 2.05) is 6.07 Å². The minimum atomic E-state index is -0.0886. The molecule has 0 saturated carbocycles. The number of ether oxygens (including phenoxy) is 1. The van der Waals surface area contributed by atoms with Crippen LogP contribution >= 0.6 is 0 Å². The van der Waals surface area contributed by atoms with Crippen LogP contribution in [0.25, 0.3) is 0 Å². The molecule has 1 heterocycles. The Hall–Kier alpha value is -1.65. The minimum absolute atomic E-state index is 0.0886. The number of benzene rings is 1. The SMILES string of the molecule is CC(NC1(CNC(=O)CC2C=CCC2)CCOCC1)c1ccccc1. The molecule has 2 unspecified atom stereocenters. The molecule has 4 heteroatoms. The maximum atomic E-state index is 12.3. The van der Waals surface area contributed by atoms with Crippen LogP contribution in [0, 0.1) is 5.92 Å². The van der Waals surface area contributed by atoms with Crippen LogP contribution < -0.4 is 10.6 Å². The van der Waals surface area contributed by atoms with Crippen molar-refractivity contribution in [1.82, 2.24) is 10.6 Å². The fourth-order valence-corrected chi connectivity index (χ4v) is 3.86. The number of carbonyl (C=O) groups excluding carboxylic acids is 1. The lowest BCUT2D eigenvalue weighted by molar-refractivity contribution is -0.122. The first-order valence-corrected chi connectivity index (χ1v) is 9.51. The van der Waals surface area contributed by atoms with E-state index >= 15 is 0 Å². The summed E-state index contributed by atoms with van der Waals surface area (Å²) in [6.07, 6.45) is 9.03. The zero-order valence-electron chi connectivity index (χ0n) is 15.2. The fourth-order valence-electron chi connectivity index (χ4n) is 3.86. The van der Waals surface area contributed by atoms with Gasteiger partial charge in [-0.3, -0.25) is 4.79 Å². The Bertz CT molecular complexity index is 579. The van der Waals surface area contributed by atoms with Crippen molar-refractivity contribution in [3.8, 4) is 0 Å². The van der Waals surface area contributed by atoms with Crippen LogP contribution in [0.4, 0.5) is 0 Å². The predicted molar refractivity (Wildman–Crippen MR) is 100 cm³/mol. The van der Waals surface area contributed by atoms with E-state index in [0.29, 0.717) is 18.9 Å². The van der Waals surface area contributed by atoms with Gasteiger partial charge in [-0.2, -0.15) is 0 Å². The average molecular weight is 342 g/mol. The van der Waals surface area contributed by atoms with E-state index in [2.05, 4.69) is 54.0 Å². The molecule has 2 atom stereocenters. The van der Waals surface area contributed by atoms with Gasteiger partial charge in [0.15, 0.2) is 0 Å². The number of carbonyl (C=O) groups is 1. The quantitative estimate of drug-likeness (QED) is 0.747. The zero-order valence-corrected chi connectivity index (χ0v) is 15.2. The summed E-state index contributed by atoms with van der Waals surface area (Å²) in [5.74, 6) is 0.582. The zero-order chi connectivity index (χ0) is 17.5. The number of hydrogen-bond donors (Lipinski definition) is 2. The lowest BCUT2D eigenvalue weighted by Gasteiger charge is -2.40. The number of rotatable bonds is 7. The topological polar surface area (TPSA) is 50.4 Å². The van der Waals surface area contributed by atoms with Gasteiger partial charge in [0.25, 0.3) is 0 Å². The second-order valence-electron chi connectivity index (χ2n) is 7.42. The molecule has 0 bridgehead atoms. The molecule has 3 rings (SSSR count). The first kappa shape index (κ1) is 18.2. The molecule has 1 fully saturated rings. The Labute approximate surface area is 151 Å². The first-order valence-electron chi connectivity index (χ1n) is 9.51. The molecule has 4 nitrogen and oxygen atoms in total. The van der Waals surface area contributed by atoms with Crippen molar-refractivity contribution in [2.75, 3.05) is 19.8 Å². The summed E-state index contributed by atoms with van der Waals surface area (Å²) in [7, 11) is 0. The van der Waals surface area contributed by atoms with E-state index < -0.39 is 0 Å². The monoisotopic (exact) mass is 342 g/mol. The number of amides is 1. The van der Waals surface area contributed by atoms with E-state index in [-0.39, 0.29) is 17.5 Å². The highest BCUT2D eigenvalue weighted by Gasteiger charge is 2.34. The van der Waals surface area contributed by atoms with Crippen molar-refractivity contribution in [2.24, 2.45) is 5.92 Å². The van der Waals surface area contributed by atoms with E-state index in [1.165, 1.54) is 5.56 Å². The normalized spacial score (nSPS) is 23.3. The molecule has 0 aromatic heterocycles. The van der Waals surface area contributed by atoms with Crippen molar-refractivity contribution in [1.29, 1.82) is 0 Å². The van der Waals surface area contributed by atoms with Crippen LogP contribution in [0.2, 0.25) is 0 Å². The number of nitrogens with one attached hydrogen (secondary N) is 2. The highest BCUT2D eigenvalue weighted by Crippen LogP contribution is 2.25. The largest absolute Gasteiger partial charge is 0.381 e. The highest BCUT2D eigenvalue weighted by atomic mass is 16.5. The molecule has 1 aliphatic heterocycles. The molecule has 0 spiro atoms. The molecule has 1 aromatic rings. The maximum absolute atomic E-state index is 12.3. The lowest BCUT2D eigenvalue weighted by Crippen LogP contribution is -2.57. The molecule has 2 N–H and O–H groups in total. The van der Waals surface area contributed by atoms with Crippen LogP contribution in [-0.4, -0.2) is 31.2 Å². The molecule has 1 aromatic carbocycles. The smallest absolute Gasteiger partial charge is 0.220 e. The molecule has 1 saturated heterocycles. The van der Waals surface area contributed by atoms with Crippen LogP contribution in [0.3, 0.4) is 0 Å². The second-order valence-corrected chi connectivity index (χ2v) is 7.42. The van der Waals surface area contributed by atoms with Crippen molar-refractivity contribution in [3.63, 3.8) is 0 Å². The van der Waals surface area contributed by atoms with E-state index in [1.54, 1.807) is 0 Å². The van der Waals surface area contributed by atoms with Gasteiger partial charge in [-0.25, -0.2) is 0 Å². The first-order chi connectivity index (χ1) is 12.2. The number of allylic oxidation sites excluding steroid dienone is 2. The third-order valence-electron chi connectivity index (χ3n) is 5.46. The van der Waals surface area contributed by atoms with Gasteiger partial charge in [0.2, 0.25) is 5.91 Å². The van der Waals surface area contributed by atoms with Gasteiger partial charge in [0, 0.05) is 37.8 Å². The van der Waals surface area contributed by atoms with Crippen LogP contribution in [0.1, 0.15) is 50.6 Å². The molecule has 1 aliphatic carbocycles. The van der Waals surface area contributed by atoms with Gasteiger partial charge in [-0.15, -0.1) is 0 Å². The molecule has 136 valence electrons. The average Bonchev–Trinajstić information content (AvgIpc) is 3.15. The third kappa shape index (κ3) is 5.16. The summed E-state index contributed by atoms with van der Waals surface area (Å²) in [6, 6.07) is 10.7.